The van der Waals surface area contributed by atoms with Crippen molar-refractivity contribution >= 4 is 5.91 Å². The SMILES string of the molecule is CCc1occc1CC(N)=O. The Hall–Kier alpha value is -1.25. The summed E-state index contributed by atoms with van der Waals surface area (Å²) in [6, 6.07) is 1.78. The molecule has 11 heavy (non-hydrogen) atoms. The van der Waals surface area contributed by atoms with E-state index in [1.165, 1.54) is 0 Å². The Labute approximate surface area is 65.2 Å². The van der Waals surface area contributed by atoms with Crippen molar-refractivity contribution in [3.05, 3.63) is 23.7 Å². The van der Waals surface area contributed by atoms with Gasteiger partial charge in [-0.3, -0.25) is 4.79 Å². The number of hydrogen-bond acceptors (Lipinski definition) is 2. The van der Waals surface area contributed by atoms with Crippen LogP contribution in [-0.2, 0) is 17.6 Å². The van der Waals surface area contributed by atoms with Gasteiger partial charge >= 0.3 is 0 Å². The highest BCUT2D eigenvalue weighted by atomic mass is 16.3. The van der Waals surface area contributed by atoms with E-state index in [1.807, 2.05) is 6.92 Å². The van der Waals surface area contributed by atoms with Crippen molar-refractivity contribution in [3.8, 4) is 0 Å². The van der Waals surface area contributed by atoms with Crippen molar-refractivity contribution < 1.29 is 9.21 Å². The van der Waals surface area contributed by atoms with Gasteiger partial charge in [0.1, 0.15) is 5.76 Å². The number of aryl methyl sites for hydroxylation is 1. The molecule has 1 heterocycles. The molecule has 0 spiro atoms. The van der Waals surface area contributed by atoms with Crippen LogP contribution in [0.1, 0.15) is 18.2 Å². The van der Waals surface area contributed by atoms with Crippen LogP contribution in [0.4, 0.5) is 0 Å². The molecule has 0 unspecified atom stereocenters. The highest BCUT2D eigenvalue weighted by Crippen LogP contribution is 2.10. The average Bonchev–Trinajstić information content (AvgIpc) is 2.34. The van der Waals surface area contributed by atoms with E-state index in [9.17, 15) is 4.79 Å². The maximum Gasteiger partial charge on any atom is 0.221 e. The van der Waals surface area contributed by atoms with Crippen molar-refractivity contribution in [2.24, 2.45) is 5.73 Å². The van der Waals surface area contributed by atoms with Gasteiger partial charge in [-0.05, 0) is 6.07 Å². The number of carbonyl (C=O) groups is 1. The molecule has 3 heteroatoms. The lowest BCUT2D eigenvalue weighted by Gasteiger charge is -1.94. The van der Waals surface area contributed by atoms with Crippen molar-refractivity contribution in [2.45, 2.75) is 19.8 Å². The first-order valence-electron chi connectivity index (χ1n) is 3.57. The highest BCUT2D eigenvalue weighted by molar-refractivity contribution is 5.76. The molecule has 3 nitrogen and oxygen atoms in total. The van der Waals surface area contributed by atoms with Crippen molar-refractivity contribution in [2.75, 3.05) is 0 Å². The molecule has 0 bridgehead atoms. The van der Waals surface area contributed by atoms with Crippen LogP contribution >= 0.6 is 0 Å². The summed E-state index contributed by atoms with van der Waals surface area (Å²) in [6.07, 6.45) is 2.66. The first-order chi connectivity index (χ1) is 5.24. The summed E-state index contributed by atoms with van der Waals surface area (Å²) >= 11 is 0. The molecule has 0 atom stereocenters. The average molecular weight is 153 g/mol. The first kappa shape index (κ1) is 7.85. The van der Waals surface area contributed by atoms with E-state index >= 15 is 0 Å². The second-order valence-corrected chi connectivity index (χ2v) is 2.37. The molecular formula is C8H11NO2. The van der Waals surface area contributed by atoms with Gasteiger partial charge in [0.2, 0.25) is 5.91 Å². The summed E-state index contributed by atoms with van der Waals surface area (Å²) in [7, 11) is 0. The lowest BCUT2D eigenvalue weighted by atomic mass is 10.1. The van der Waals surface area contributed by atoms with Gasteiger partial charge in [0.15, 0.2) is 0 Å². The van der Waals surface area contributed by atoms with Crippen molar-refractivity contribution in [1.29, 1.82) is 0 Å². The van der Waals surface area contributed by atoms with E-state index in [1.54, 1.807) is 12.3 Å². The van der Waals surface area contributed by atoms with Crippen LogP contribution in [0.25, 0.3) is 0 Å². The fourth-order valence-electron chi connectivity index (χ4n) is 1.02. The minimum atomic E-state index is -0.318. The Balaban J connectivity index is 2.76. The summed E-state index contributed by atoms with van der Waals surface area (Å²) in [4.78, 5) is 10.5. The molecule has 1 aromatic heterocycles. The third kappa shape index (κ3) is 1.83. The third-order valence-electron chi connectivity index (χ3n) is 1.52. The molecule has 1 amide bonds. The maximum absolute atomic E-state index is 10.5. The van der Waals surface area contributed by atoms with E-state index < -0.39 is 0 Å². The molecular weight excluding hydrogens is 142 g/mol. The van der Waals surface area contributed by atoms with Crippen LogP contribution in [0.15, 0.2) is 16.7 Å². The number of carbonyl (C=O) groups excluding carboxylic acids is 1. The molecule has 0 aliphatic heterocycles. The highest BCUT2D eigenvalue weighted by Gasteiger charge is 2.05. The topological polar surface area (TPSA) is 56.2 Å². The molecule has 0 saturated heterocycles. The molecule has 0 aliphatic carbocycles. The minimum Gasteiger partial charge on any atom is -0.469 e. The molecule has 0 radical (unpaired) electrons. The quantitative estimate of drug-likeness (QED) is 0.700. The zero-order chi connectivity index (χ0) is 8.27. The van der Waals surface area contributed by atoms with Gasteiger partial charge < -0.3 is 10.2 Å². The summed E-state index contributed by atoms with van der Waals surface area (Å²) in [5.74, 6) is 0.532. The van der Waals surface area contributed by atoms with Crippen molar-refractivity contribution in [3.63, 3.8) is 0 Å². The zero-order valence-electron chi connectivity index (χ0n) is 6.46. The van der Waals surface area contributed by atoms with E-state index in [0.717, 1.165) is 17.7 Å². The van der Waals surface area contributed by atoms with Crippen LogP contribution in [0, 0.1) is 0 Å². The Morgan fingerprint density at radius 3 is 3.00 bits per heavy atom. The first-order valence-corrected chi connectivity index (χ1v) is 3.57. The van der Waals surface area contributed by atoms with Gasteiger partial charge in [0.25, 0.3) is 0 Å². The normalized spacial score (nSPS) is 9.91. The Kier molecular flexibility index (Phi) is 2.31. The fraction of sp³-hybridized carbons (Fsp3) is 0.375. The number of hydrogen-bond donors (Lipinski definition) is 1. The van der Waals surface area contributed by atoms with Crippen LogP contribution in [0.3, 0.4) is 0 Å². The number of rotatable bonds is 3. The number of amides is 1. The van der Waals surface area contributed by atoms with Crippen LogP contribution in [-0.4, -0.2) is 5.91 Å². The molecule has 0 aromatic carbocycles. The van der Waals surface area contributed by atoms with Gasteiger partial charge in [0, 0.05) is 12.0 Å². The number of furan rings is 1. The van der Waals surface area contributed by atoms with Gasteiger partial charge in [-0.2, -0.15) is 0 Å². The molecule has 0 aliphatic rings. The molecule has 0 fully saturated rings. The predicted octanol–water partition coefficient (Wildman–Crippen LogP) is 0.870. The Morgan fingerprint density at radius 2 is 2.45 bits per heavy atom. The molecule has 1 aromatic rings. The van der Waals surface area contributed by atoms with E-state index in [2.05, 4.69) is 0 Å². The van der Waals surface area contributed by atoms with Gasteiger partial charge in [-0.15, -0.1) is 0 Å². The van der Waals surface area contributed by atoms with Gasteiger partial charge in [-0.1, -0.05) is 6.92 Å². The zero-order valence-corrected chi connectivity index (χ0v) is 6.46. The monoisotopic (exact) mass is 153 g/mol. The lowest BCUT2D eigenvalue weighted by molar-refractivity contribution is -0.117. The van der Waals surface area contributed by atoms with Crippen molar-refractivity contribution in [1.82, 2.24) is 0 Å². The van der Waals surface area contributed by atoms with Crippen LogP contribution in [0.2, 0.25) is 0 Å². The molecule has 60 valence electrons. The smallest absolute Gasteiger partial charge is 0.221 e. The molecule has 0 saturated carbocycles. The standard InChI is InChI=1S/C8H11NO2/c1-2-7-6(3-4-11-7)5-8(9)10/h3-4H,2,5H2,1H3,(H2,9,10). The van der Waals surface area contributed by atoms with Gasteiger partial charge in [-0.25, -0.2) is 0 Å². The summed E-state index contributed by atoms with van der Waals surface area (Å²) < 4.78 is 5.11. The van der Waals surface area contributed by atoms with E-state index in [-0.39, 0.29) is 12.3 Å². The second kappa shape index (κ2) is 3.23. The summed E-state index contributed by atoms with van der Waals surface area (Å²) in [5.41, 5.74) is 5.93. The molecule has 1 rings (SSSR count). The fourth-order valence-corrected chi connectivity index (χ4v) is 1.02. The summed E-state index contributed by atoms with van der Waals surface area (Å²) in [6.45, 7) is 1.98. The minimum absolute atomic E-state index is 0.277. The third-order valence-corrected chi connectivity index (χ3v) is 1.52. The Morgan fingerprint density at radius 1 is 1.73 bits per heavy atom. The molecule has 2 N–H and O–H groups in total. The predicted molar refractivity (Wildman–Crippen MR) is 41.0 cm³/mol. The van der Waals surface area contributed by atoms with E-state index in [4.69, 9.17) is 10.2 Å². The number of primary amides is 1. The lowest BCUT2D eigenvalue weighted by Crippen LogP contribution is -2.13. The van der Waals surface area contributed by atoms with Crippen LogP contribution in [0.5, 0.6) is 0 Å². The van der Waals surface area contributed by atoms with E-state index in [0.29, 0.717) is 0 Å². The largest absolute Gasteiger partial charge is 0.469 e. The number of nitrogens with two attached hydrogens (primary N) is 1. The van der Waals surface area contributed by atoms with Gasteiger partial charge in [0.05, 0.1) is 12.7 Å². The van der Waals surface area contributed by atoms with Crippen LogP contribution < -0.4 is 5.73 Å². The maximum atomic E-state index is 10.5. The summed E-state index contributed by atoms with van der Waals surface area (Å²) in [5, 5.41) is 0. The Bertz CT molecular complexity index is 252. The second-order valence-electron chi connectivity index (χ2n) is 2.37.